The van der Waals surface area contributed by atoms with E-state index in [-0.39, 0.29) is 5.69 Å². The lowest BCUT2D eigenvalue weighted by atomic mass is 10.2. The van der Waals surface area contributed by atoms with Gasteiger partial charge in [-0.3, -0.25) is 10.1 Å². The summed E-state index contributed by atoms with van der Waals surface area (Å²) in [5.41, 5.74) is 2.69. The number of nitrogens with zero attached hydrogens (tertiary/aromatic N) is 4. The Labute approximate surface area is 139 Å². The number of aryl methyl sites for hydroxylation is 1. The van der Waals surface area contributed by atoms with Crippen LogP contribution in [0, 0.1) is 10.1 Å². The van der Waals surface area contributed by atoms with Crippen LogP contribution in [0.4, 0.5) is 11.6 Å². The molecule has 1 heterocycles. The predicted octanol–water partition coefficient (Wildman–Crippen LogP) is 4.50. The number of aromatic nitrogens is 2. The largest absolute Gasteiger partial charge is 0.308 e. The molecule has 0 bridgehead atoms. The number of hydrogen-bond acceptors (Lipinski definition) is 4. The van der Waals surface area contributed by atoms with Gasteiger partial charge in [-0.1, -0.05) is 37.6 Å². The highest BCUT2D eigenvalue weighted by molar-refractivity contribution is 5.84. The molecule has 6 nitrogen and oxygen atoms in total. The molecule has 3 aromatic rings. The van der Waals surface area contributed by atoms with E-state index in [1.807, 2.05) is 24.3 Å². The number of benzene rings is 2. The van der Waals surface area contributed by atoms with Gasteiger partial charge in [-0.15, -0.1) is 0 Å². The molecule has 0 atom stereocenters. The number of nitro benzene ring substituents is 1. The summed E-state index contributed by atoms with van der Waals surface area (Å²) in [6.45, 7) is 2.99. The Balaban J connectivity index is 1.96. The fraction of sp³-hybridized carbons (Fsp3) is 0.222. The highest BCUT2D eigenvalue weighted by Gasteiger charge is 2.09. The minimum absolute atomic E-state index is 0.0541. The maximum Gasteiger partial charge on any atom is 0.270 e. The Morgan fingerprint density at radius 3 is 2.88 bits per heavy atom. The minimum atomic E-state index is -0.409. The molecule has 2 aromatic carbocycles. The summed E-state index contributed by atoms with van der Waals surface area (Å²) in [4.78, 5) is 19.5. The Kier molecular flexibility index (Phi) is 4.65. The van der Waals surface area contributed by atoms with Gasteiger partial charge in [0.05, 0.1) is 16.0 Å². The third-order valence-corrected chi connectivity index (χ3v) is 3.78. The standard InChI is InChI=1S/C18H18N4O2/c1-2-3-11-21-17-10-5-4-9-16(17)20-18(21)19-13-14-7-6-8-15(12-14)22(23)24/h4-10,12-13H,2-3,11H2,1H3. The van der Waals surface area contributed by atoms with E-state index in [0.29, 0.717) is 11.5 Å². The molecule has 24 heavy (non-hydrogen) atoms. The number of non-ortho nitro benzene ring substituents is 1. The van der Waals surface area contributed by atoms with Crippen molar-refractivity contribution in [3.8, 4) is 0 Å². The van der Waals surface area contributed by atoms with Crippen LogP contribution in [0.25, 0.3) is 11.0 Å². The first-order valence-corrected chi connectivity index (χ1v) is 7.93. The highest BCUT2D eigenvalue weighted by atomic mass is 16.6. The maximum absolute atomic E-state index is 10.9. The topological polar surface area (TPSA) is 73.3 Å². The molecule has 0 N–H and O–H groups in total. The summed E-state index contributed by atoms with van der Waals surface area (Å²) in [6.07, 6.45) is 3.75. The van der Waals surface area contributed by atoms with E-state index in [9.17, 15) is 10.1 Å². The molecular weight excluding hydrogens is 304 g/mol. The van der Waals surface area contributed by atoms with Crippen LogP contribution >= 0.6 is 0 Å². The lowest BCUT2D eigenvalue weighted by molar-refractivity contribution is -0.384. The number of fused-ring (bicyclic) bond motifs is 1. The number of aliphatic imine (C=N–C) groups is 1. The van der Waals surface area contributed by atoms with E-state index in [0.717, 1.165) is 30.4 Å². The van der Waals surface area contributed by atoms with E-state index >= 15 is 0 Å². The average molecular weight is 322 g/mol. The van der Waals surface area contributed by atoms with E-state index in [1.54, 1.807) is 18.3 Å². The lowest BCUT2D eigenvalue weighted by Crippen LogP contribution is -1.97. The fourth-order valence-corrected chi connectivity index (χ4v) is 2.55. The number of nitro groups is 1. The molecule has 0 aliphatic carbocycles. The third kappa shape index (κ3) is 3.32. The van der Waals surface area contributed by atoms with Crippen LogP contribution < -0.4 is 0 Å². The van der Waals surface area contributed by atoms with Gasteiger partial charge in [0, 0.05) is 24.9 Å². The number of unbranched alkanes of at least 4 members (excludes halogenated alkanes) is 1. The Hall–Kier alpha value is -3.02. The molecule has 0 saturated carbocycles. The van der Waals surface area contributed by atoms with Gasteiger partial charge in [0.2, 0.25) is 5.95 Å². The Bertz CT molecular complexity index is 899. The number of para-hydroxylation sites is 2. The summed E-state index contributed by atoms with van der Waals surface area (Å²) in [5, 5.41) is 10.9. The van der Waals surface area contributed by atoms with Crippen molar-refractivity contribution in [1.82, 2.24) is 9.55 Å². The van der Waals surface area contributed by atoms with Crippen molar-refractivity contribution in [2.75, 3.05) is 0 Å². The van der Waals surface area contributed by atoms with Gasteiger partial charge >= 0.3 is 0 Å². The molecule has 0 aliphatic heterocycles. The predicted molar refractivity (Wildman–Crippen MR) is 95.0 cm³/mol. The van der Waals surface area contributed by atoms with Gasteiger partial charge in [0.1, 0.15) is 0 Å². The first-order chi connectivity index (χ1) is 11.7. The van der Waals surface area contributed by atoms with Gasteiger partial charge in [-0.05, 0) is 24.1 Å². The Morgan fingerprint density at radius 1 is 1.25 bits per heavy atom. The van der Waals surface area contributed by atoms with Gasteiger partial charge < -0.3 is 4.57 Å². The smallest absolute Gasteiger partial charge is 0.270 e. The lowest BCUT2D eigenvalue weighted by Gasteiger charge is -2.04. The van der Waals surface area contributed by atoms with Crippen LogP contribution in [-0.4, -0.2) is 20.7 Å². The van der Waals surface area contributed by atoms with Crippen molar-refractivity contribution in [2.24, 2.45) is 4.99 Å². The zero-order valence-corrected chi connectivity index (χ0v) is 13.4. The molecule has 6 heteroatoms. The summed E-state index contributed by atoms with van der Waals surface area (Å²) in [6, 6.07) is 14.3. The fourth-order valence-electron chi connectivity index (χ4n) is 2.55. The molecule has 0 amide bonds. The average Bonchev–Trinajstić information content (AvgIpc) is 2.96. The molecule has 1 aromatic heterocycles. The molecule has 0 spiro atoms. The summed E-state index contributed by atoms with van der Waals surface area (Å²) < 4.78 is 2.09. The van der Waals surface area contributed by atoms with Crippen molar-refractivity contribution in [2.45, 2.75) is 26.3 Å². The molecule has 3 rings (SSSR count). The van der Waals surface area contributed by atoms with Crippen LogP contribution in [0.2, 0.25) is 0 Å². The second-order valence-electron chi connectivity index (χ2n) is 5.52. The van der Waals surface area contributed by atoms with Crippen molar-refractivity contribution in [1.29, 1.82) is 0 Å². The van der Waals surface area contributed by atoms with Gasteiger partial charge in [-0.2, -0.15) is 0 Å². The van der Waals surface area contributed by atoms with E-state index in [2.05, 4.69) is 21.5 Å². The summed E-state index contributed by atoms with van der Waals surface area (Å²) in [5.74, 6) is 0.621. The van der Waals surface area contributed by atoms with Crippen LogP contribution in [0.15, 0.2) is 53.5 Å². The second kappa shape index (κ2) is 7.04. The zero-order valence-electron chi connectivity index (χ0n) is 13.4. The van der Waals surface area contributed by atoms with Gasteiger partial charge in [-0.25, -0.2) is 9.98 Å². The summed E-state index contributed by atoms with van der Waals surface area (Å²) >= 11 is 0. The van der Waals surface area contributed by atoms with Gasteiger partial charge in [0.15, 0.2) is 0 Å². The van der Waals surface area contributed by atoms with Crippen molar-refractivity contribution >= 4 is 28.9 Å². The molecule has 0 aliphatic rings. The van der Waals surface area contributed by atoms with E-state index in [1.165, 1.54) is 12.1 Å². The molecule has 0 fully saturated rings. The Morgan fingerprint density at radius 2 is 2.08 bits per heavy atom. The maximum atomic E-state index is 10.9. The molecule has 0 unspecified atom stereocenters. The summed E-state index contributed by atoms with van der Waals surface area (Å²) in [7, 11) is 0. The van der Waals surface area contributed by atoms with Crippen molar-refractivity contribution < 1.29 is 4.92 Å². The molecule has 0 saturated heterocycles. The molecule has 122 valence electrons. The zero-order chi connectivity index (χ0) is 16.9. The van der Waals surface area contributed by atoms with Crippen LogP contribution in [0.3, 0.4) is 0 Å². The SMILES string of the molecule is CCCCn1c(N=Cc2cccc([N+](=O)[O-])c2)nc2ccccc21. The van der Waals surface area contributed by atoms with Crippen LogP contribution in [0.5, 0.6) is 0 Å². The molecular formula is C18H18N4O2. The first kappa shape index (κ1) is 15.9. The number of rotatable bonds is 6. The number of hydrogen-bond donors (Lipinski definition) is 0. The highest BCUT2D eigenvalue weighted by Crippen LogP contribution is 2.22. The van der Waals surface area contributed by atoms with Crippen molar-refractivity contribution in [3.63, 3.8) is 0 Å². The first-order valence-electron chi connectivity index (χ1n) is 7.93. The normalized spacial score (nSPS) is 11.4. The quantitative estimate of drug-likeness (QED) is 0.381. The minimum Gasteiger partial charge on any atom is -0.308 e. The van der Waals surface area contributed by atoms with E-state index in [4.69, 9.17) is 0 Å². The van der Waals surface area contributed by atoms with Crippen LogP contribution in [-0.2, 0) is 6.54 Å². The van der Waals surface area contributed by atoms with Gasteiger partial charge in [0.25, 0.3) is 5.69 Å². The van der Waals surface area contributed by atoms with E-state index < -0.39 is 4.92 Å². The number of imidazole rings is 1. The van der Waals surface area contributed by atoms with Crippen LogP contribution in [0.1, 0.15) is 25.3 Å². The van der Waals surface area contributed by atoms with Crippen molar-refractivity contribution in [3.05, 3.63) is 64.2 Å². The second-order valence-corrected chi connectivity index (χ2v) is 5.52. The molecule has 0 radical (unpaired) electrons. The monoisotopic (exact) mass is 322 g/mol. The third-order valence-electron chi connectivity index (χ3n) is 3.78.